The minimum atomic E-state index is 0.104. The lowest BCUT2D eigenvalue weighted by Gasteiger charge is -2.36. The van der Waals surface area contributed by atoms with E-state index in [4.69, 9.17) is 11.6 Å². The Bertz CT molecular complexity index is 1090. The third-order valence-corrected chi connectivity index (χ3v) is 6.75. The molecule has 172 valence electrons. The molecule has 1 fully saturated rings. The van der Waals surface area contributed by atoms with Gasteiger partial charge in [0.05, 0.1) is 5.75 Å². The van der Waals surface area contributed by atoms with Gasteiger partial charge in [-0.25, -0.2) is 9.97 Å². The summed E-state index contributed by atoms with van der Waals surface area (Å²) >= 11 is 7.59. The number of hydrogen-bond donors (Lipinski definition) is 0. The number of carbonyl (C=O) groups excluding carboxylic acids is 1. The Morgan fingerprint density at radius 2 is 1.73 bits per heavy atom. The topological polar surface area (TPSA) is 52.6 Å². The van der Waals surface area contributed by atoms with E-state index in [9.17, 15) is 4.79 Å². The third kappa shape index (κ3) is 6.18. The molecule has 1 saturated heterocycles. The van der Waals surface area contributed by atoms with E-state index in [0.717, 1.165) is 32.0 Å². The highest BCUT2D eigenvalue weighted by Gasteiger charge is 2.22. The maximum absolute atomic E-state index is 12.8. The van der Waals surface area contributed by atoms with Crippen molar-refractivity contribution < 1.29 is 4.79 Å². The van der Waals surface area contributed by atoms with Crippen LogP contribution < -0.4 is 9.80 Å². The summed E-state index contributed by atoms with van der Waals surface area (Å²) in [5.74, 6) is 1.14. The predicted molar refractivity (Wildman–Crippen MR) is 136 cm³/mol. The fourth-order valence-electron chi connectivity index (χ4n) is 3.92. The second-order valence-electron chi connectivity index (χ2n) is 8.12. The first-order chi connectivity index (χ1) is 16.0. The van der Waals surface area contributed by atoms with Gasteiger partial charge >= 0.3 is 0 Å². The molecular weight excluding hydrogens is 454 g/mol. The van der Waals surface area contributed by atoms with Crippen molar-refractivity contribution in [3.05, 3.63) is 76.9 Å². The minimum absolute atomic E-state index is 0.104. The molecule has 0 atom stereocenters. The van der Waals surface area contributed by atoms with Gasteiger partial charge in [-0.2, -0.15) is 0 Å². The number of piperazine rings is 1. The molecule has 4 rings (SSSR count). The summed E-state index contributed by atoms with van der Waals surface area (Å²) in [5.41, 5.74) is 3.70. The van der Waals surface area contributed by atoms with Gasteiger partial charge in [0.2, 0.25) is 5.91 Å². The van der Waals surface area contributed by atoms with Gasteiger partial charge in [0, 0.05) is 51.5 Å². The van der Waals surface area contributed by atoms with E-state index in [-0.39, 0.29) is 5.91 Å². The van der Waals surface area contributed by atoms with Crippen LogP contribution in [0.4, 0.5) is 11.5 Å². The summed E-state index contributed by atoms with van der Waals surface area (Å²) in [6.45, 7) is 5.94. The fraction of sp³-hybridized carbons (Fsp3) is 0.320. The second kappa shape index (κ2) is 10.9. The zero-order valence-corrected chi connectivity index (χ0v) is 20.5. The van der Waals surface area contributed by atoms with Crippen molar-refractivity contribution in [2.75, 3.05) is 48.8 Å². The summed E-state index contributed by atoms with van der Waals surface area (Å²) < 4.78 is 0. The standard InChI is InChI=1S/C25H28ClN5OS/c1-19-8-6-7-11-21(19)30-12-14-31(15-13-30)24(32)18-33-25-27-22(26)16-23(28-25)29(2)17-20-9-4-3-5-10-20/h3-11,16H,12-15,17-18H2,1-2H3. The molecule has 3 aromatic rings. The number of rotatable bonds is 7. The van der Waals surface area contributed by atoms with Crippen molar-refractivity contribution in [1.29, 1.82) is 0 Å². The Kier molecular flexibility index (Phi) is 7.73. The number of aryl methyl sites for hydroxylation is 1. The lowest BCUT2D eigenvalue weighted by Crippen LogP contribution is -2.49. The molecule has 1 aromatic heterocycles. The molecular formula is C25H28ClN5OS. The van der Waals surface area contributed by atoms with Crippen LogP contribution in [0.15, 0.2) is 65.8 Å². The van der Waals surface area contributed by atoms with Crippen molar-refractivity contribution in [1.82, 2.24) is 14.9 Å². The van der Waals surface area contributed by atoms with Gasteiger partial charge in [-0.3, -0.25) is 4.79 Å². The highest BCUT2D eigenvalue weighted by atomic mass is 35.5. The Labute approximate surface area is 204 Å². The number of nitrogens with zero attached hydrogens (tertiary/aromatic N) is 5. The SMILES string of the molecule is Cc1ccccc1N1CCN(C(=O)CSc2nc(Cl)cc(N(C)Cc3ccccc3)n2)CC1. The van der Waals surface area contributed by atoms with Gasteiger partial charge in [-0.15, -0.1) is 0 Å². The molecule has 0 N–H and O–H groups in total. The zero-order chi connectivity index (χ0) is 23.2. The predicted octanol–water partition coefficient (Wildman–Crippen LogP) is 4.52. The van der Waals surface area contributed by atoms with Gasteiger partial charge in [0.15, 0.2) is 5.16 Å². The summed E-state index contributed by atoms with van der Waals surface area (Å²) in [6.07, 6.45) is 0. The Morgan fingerprint density at radius 3 is 2.45 bits per heavy atom. The van der Waals surface area contributed by atoms with E-state index in [1.165, 1.54) is 28.6 Å². The summed E-state index contributed by atoms with van der Waals surface area (Å²) in [5, 5.41) is 0.894. The lowest BCUT2D eigenvalue weighted by molar-refractivity contribution is -0.128. The van der Waals surface area contributed by atoms with E-state index in [1.54, 1.807) is 6.07 Å². The minimum Gasteiger partial charge on any atom is -0.368 e. The van der Waals surface area contributed by atoms with Crippen LogP contribution in [-0.2, 0) is 11.3 Å². The van der Waals surface area contributed by atoms with Crippen molar-refractivity contribution in [3.63, 3.8) is 0 Å². The molecule has 0 spiro atoms. The quantitative estimate of drug-likeness (QED) is 0.281. The number of aromatic nitrogens is 2. The molecule has 33 heavy (non-hydrogen) atoms. The maximum Gasteiger partial charge on any atom is 0.233 e. The van der Waals surface area contributed by atoms with Crippen LogP contribution in [-0.4, -0.2) is 59.8 Å². The fourth-order valence-corrected chi connectivity index (χ4v) is 4.90. The van der Waals surface area contributed by atoms with Gasteiger partial charge < -0.3 is 14.7 Å². The number of hydrogen-bond acceptors (Lipinski definition) is 6. The van der Waals surface area contributed by atoms with Gasteiger partial charge in [-0.05, 0) is 24.1 Å². The normalized spacial score (nSPS) is 13.8. The molecule has 2 heterocycles. The molecule has 6 nitrogen and oxygen atoms in total. The first-order valence-electron chi connectivity index (χ1n) is 11.0. The number of thioether (sulfide) groups is 1. The Balaban J connectivity index is 1.32. The summed E-state index contributed by atoms with van der Waals surface area (Å²) in [4.78, 5) is 28.1. The summed E-state index contributed by atoms with van der Waals surface area (Å²) in [6, 6.07) is 20.3. The second-order valence-corrected chi connectivity index (χ2v) is 9.45. The van der Waals surface area contributed by atoms with E-state index in [1.807, 2.05) is 35.0 Å². The molecule has 0 bridgehead atoms. The van der Waals surface area contributed by atoms with Crippen molar-refractivity contribution >= 4 is 40.8 Å². The monoisotopic (exact) mass is 481 g/mol. The third-order valence-electron chi connectivity index (χ3n) is 5.73. The van der Waals surface area contributed by atoms with Crippen LogP contribution >= 0.6 is 23.4 Å². The molecule has 1 aliphatic rings. The molecule has 0 aliphatic carbocycles. The molecule has 8 heteroatoms. The maximum atomic E-state index is 12.8. The summed E-state index contributed by atoms with van der Waals surface area (Å²) in [7, 11) is 1.97. The number of carbonyl (C=O) groups is 1. The van der Waals surface area contributed by atoms with Crippen molar-refractivity contribution in [2.24, 2.45) is 0 Å². The molecule has 0 radical (unpaired) electrons. The number of benzene rings is 2. The number of anilines is 2. The Hall–Kier alpha value is -2.77. The molecule has 1 amide bonds. The van der Waals surface area contributed by atoms with Crippen molar-refractivity contribution in [2.45, 2.75) is 18.6 Å². The molecule has 0 unspecified atom stereocenters. The molecule has 1 aliphatic heterocycles. The van der Waals surface area contributed by atoms with Crippen LogP contribution in [0.2, 0.25) is 5.15 Å². The number of amides is 1. The highest BCUT2D eigenvalue weighted by molar-refractivity contribution is 7.99. The van der Waals surface area contributed by atoms with Gasteiger partial charge in [0.25, 0.3) is 0 Å². The smallest absolute Gasteiger partial charge is 0.233 e. The van der Waals surface area contributed by atoms with E-state index >= 15 is 0 Å². The molecule has 0 saturated carbocycles. The van der Waals surface area contributed by atoms with Crippen LogP contribution in [0.25, 0.3) is 0 Å². The van der Waals surface area contributed by atoms with Crippen LogP contribution in [0.1, 0.15) is 11.1 Å². The van der Waals surface area contributed by atoms with E-state index in [2.05, 4.69) is 58.2 Å². The average Bonchev–Trinajstić information content (AvgIpc) is 2.83. The van der Waals surface area contributed by atoms with E-state index in [0.29, 0.717) is 22.6 Å². The van der Waals surface area contributed by atoms with Crippen LogP contribution in [0.3, 0.4) is 0 Å². The van der Waals surface area contributed by atoms with Crippen LogP contribution in [0.5, 0.6) is 0 Å². The van der Waals surface area contributed by atoms with Crippen LogP contribution in [0, 0.1) is 6.92 Å². The van der Waals surface area contributed by atoms with Gasteiger partial charge in [0.1, 0.15) is 11.0 Å². The number of halogens is 1. The molecule has 2 aromatic carbocycles. The first kappa shape index (κ1) is 23.4. The average molecular weight is 482 g/mol. The van der Waals surface area contributed by atoms with Gasteiger partial charge in [-0.1, -0.05) is 71.9 Å². The highest BCUT2D eigenvalue weighted by Crippen LogP contribution is 2.24. The van der Waals surface area contributed by atoms with Crippen molar-refractivity contribution in [3.8, 4) is 0 Å². The first-order valence-corrected chi connectivity index (χ1v) is 12.4. The lowest BCUT2D eigenvalue weighted by atomic mass is 10.1. The number of para-hydroxylation sites is 1. The zero-order valence-electron chi connectivity index (χ0n) is 18.9. The largest absolute Gasteiger partial charge is 0.368 e. The Morgan fingerprint density at radius 1 is 1.03 bits per heavy atom. The van der Waals surface area contributed by atoms with E-state index < -0.39 is 0 Å².